The molecule has 5 heteroatoms. The predicted octanol–water partition coefficient (Wildman–Crippen LogP) is 1.36. The molecule has 1 N–H and O–H groups in total. The molecule has 0 aliphatic carbocycles. The molecule has 1 atom stereocenters. The van der Waals surface area contributed by atoms with Crippen LogP contribution in [-0.4, -0.2) is 48.7 Å². The van der Waals surface area contributed by atoms with Gasteiger partial charge in [-0.2, -0.15) is 4.98 Å². The van der Waals surface area contributed by atoms with Crippen LogP contribution in [0.4, 0.5) is 0 Å². The summed E-state index contributed by atoms with van der Waals surface area (Å²) in [6.07, 6.45) is 1.91. The van der Waals surface area contributed by atoms with Gasteiger partial charge in [0.25, 0.3) is 0 Å². The molecule has 19 heavy (non-hydrogen) atoms. The Morgan fingerprint density at radius 2 is 2.16 bits per heavy atom. The number of methoxy groups -OCH3 is 1. The summed E-state index contributed by atoms with van der Waals surface area (Å²) >= 11 is 0. The average molecular weight is 264 g/mol. The van der Waals surface area contributed by atoms with Gasteiger partial charge in [-0.15, -0.1) is 0 Å². The second-order valence-electron chi connectivity index (χ2n) is 6.18. The molecule has 1 aromatic rings. The standard InChI is InChI=1S/C14H24N4O/c1-14(2,3)13-16-8-10(12(17-13)19-5)11-9-18(4)7-6-15-11/h8,11,15H,6-7,9H2,1-5H3. The quantitative estimate of drug-likeness (QED) is 0.874. The fourth-order valence-electron chi connectivity index (χ4n) is 2.24. The minimum absolute atomic E-state index is 0.0669. The molecule has 106 valence electrons. The molecule has 1 aliphatic heterocycles. The monoisotopic (exact) mass is 264 g/mol. The van der Waals surface area contributed by atoms with Gasteiger partial charge in [-0.25, -0.2) is 4.98 Å². The molecule has 2 heterocycles. The van der Waals surface area contributed by atoms with Crippen molar-refractivity contribution in [3.63, 3.8) is 0 Å². The third kappa shape index (κ3) is 3.22. The van der Waals surface area contributed by atoms with Crippen LogP contribution in [0.3, 0.4) is 0 Å². The summed E-state index contributed by atoms with van der Waals surface area (Å²) in [6.45, 7) is 9.32. The summed E-state index contributed by atoms with van der Waals surface area (Å²) in [5.41, 5.74) is 0.977. The zero-order valence-electron chi connectivity index (χ0n) is 12.5. The van der Waals surface area contributed by atoms with E-state index in [1.165, 1.54) is 0 Å². The van der Waals surface area contributed by atoms with Crippen LogP contribution in [0.1, 0.15) is 38.2 Å². The van der Waals surface area contributed by atoms with Crippen LogP contribution in [0.15, 0.2) is 6.20 Å². The first-order valence-corrected chi connectivity index (χ1v) is 6.75. The van der Waals surface area contributed by atoms with Gasteiger partial charge in [0.05, 0.1) is 18.7 Å². The molecule has 2 rings (SSSR count). The Hall–Kier alpha value is -1.20. The van der Waals surface area contributed by atoms with E-state index in [2.05, 4.69) is 48.0 Å². The van der Waals surface area contributed by atoms with Crippen LogP contribution >= 0.6 is 0 Å². The van der Waals surface area contributed by atoms with E-state index >= 15 is 0 Å². The summed E-state index contributed by atoms with van der Waals surface area (Å²) in [7, 11) is 3.80. The van der Waals surface area contributed by atoms with Gasteiger partial charge in [0.1, 0.15) is 5.82 Å². The third-order valence-corrected chi connectivity index (χ3v) is 3.40. The third-order valence-electron chi connectivity index (χ3n) is 3.40. The lowest BCUT2D eigenvalue weighted by molar-refractivity contribution is 0.236. The number of likely N-dealkylation sites (N-methyl/N-ethyl adjacent to an activating group) is 1. The predicted molar refractivity (Wildman–Crippen MR) is 75.5 cm³/mol. The zero-order chi connectivity index (χ0) is 14.0. The van der Waals surface area contributed by atoms with E-state index in [-0.39, 0.29) is 11.5 Å². The van der Waals surface area contributed by atoms with Gasteiger partial charge < -0.3 is 15.0 Å². The van der Waals surface area contributed by atoms with Crippen molar-refractivity contribution in [2.45, 2.75) is 32.2 Å². The van der Waals surface area contributed by atoms with Crippen LogP contribution in [0.5, 0.6) is 5.88 Å². The molecule has 5 nitrogen and oxygen atoms in total. The Labute approximate surface area is 115 Å². The molecular weight excluding hydrogens is 240 g/mol. The Morgan fingerprint density at radius 3 is 2.74 bits per heavy atom. The number of hydrogen-bond donors (Lipinski definition) is 1. The Kier molecular flexibility index (Phi) is 4.06. The van der Waals surface area contributed by atoms with Gasteiger partial charge in [0.2, 0.25) is 5.88 Å². The smallest absolute Gasteiger partial charge is 0.221 e. The van der Waals surface area contributed by atoms with Gasteiger partial charge >= 0.3 is 0 Å². The summed E-state index contributed by atoms with van der Waals surface area (Å²) in [5, 5.41) is 3.50. The minimum Gasteiger partial charge on any atom is -0.481 e. The molecule has 1 aromatic heterocycles. The van der Waals surface area contributed by atoms with Crippen molar-refractivity contribution in [2.24, 2.45) is 0 Å². The van der Waals surface area contributed by atoms with Crippen LogP contribution in [0.25, 0.3) is 0 Å². The largest absolute Gasteiger partial charge is 0.481 e. The highest BCUT2D eigenvalue weighted by molar-refractivity contribution is 5.29. The molecule has 0 bridgehead atoms. The van der Waals surface area contributed by atoms with Crippen LogP contribution in [0, 0.1) is 0 Å². The number of aromatic nitrogens is 2. The fraction of sp³-hybridized carbons (Fsp3) is 0.714. The number of nitrogens with zero attached hydrogens (tertiary/aromatic N) is 3. The van der Waals surface area contributed by atoms with Gasteiger partial charge in [-0.05, 0) is 7.05 Å². The first kappa shape index (κ1) is 14.2. The maximum absolute atomic E-state index is 5.46. The Morgan fingerprint density at radius 1 is 1.42 bits per heavy atom. The number of hydrogen-bond acceptors (Lipinski definition) is 5. The molecule has 1 saturated heterocycles. The van der Waals surface area contributed by atoms with Crippen molar-refractivity contribution in [3.05, 3.63) is 17.6 Å². The van der Waals surface area contributed by atoms with E-state index in [4.69, 9.17) is 4.74 Å². The summed E-state index contributed by atoms with van der Waals surface area (Å²) in [6, 6.07) is 0.239. The van der Waals surface area contributed by atoms with Crippen molar-refractivity contribution in [1.29, 1.82) is 0 Å². The van der Waals surface area contributed by atoms with E-state index in [9.17, 15) is 0 Å². The van der Waals surface area contributed by atoms with Crippen molar-refractivity contribution in [3.8, 4) is 5.88 Å². The molecule has 0 aromatic carbocycles. The van der Waals surface area contributed by atoms with E-state index in [0.717, 1.165) is 31.0 Å². The first-order valence-electron chi connectivity index (χ1n) is 6.75. The van der Waals surface area contributed by atoms with Crippen molar-refractivity contribution < 1.29 is 4.74 Å². The Balaban J connectivity index is 2.30. The van der Waals surface area contributed by atoms with Crippen molar-refractivity contribution in [1.82, 2.24) is 20.2 Å². The lowest BCUT2D eigenvalue weighted by atomic mass is 9.95. The van der Waals surface area contributed by atoms with Crippen molar-refractivity contribution in [2.75, 3.05) is 33.8 Å². The van der Waals surface area contributed by atoms with E-state index in [0.29, 0.717) is 5.88 Å². The summed E-state index contributed by atoms with van der Waals surface area (Å²) in [5.74, 6) is 1.50. The number of rotatable bonds is 2. The van der Waals surface area contributed by atoms with Gasteiger partial charge in [-0.3, -0.25) is 0 Å². The fourth-order valence-corrected chi connectivity index (χ4v) is 2.24. The van der Waals surface area contributed by atoms with Gasteiger partial charge in [-0.1, -0.05) is 20.8 Å². The topological polar surface area (TPSA) is 50.3 Å². The van der Waals surface area contributed by atoms with Gasteiger partial charge in [0.15, 0.2) is 0 Å². The number of ether oxygens (including phenoxy) is 1. The molecular formula is C14H24N4O. The zero-order valence-corrected chi connectivity index (χ0v) is 12.5. The normalized spacial score (nSPS) is 21.4. The second kappa shape index (κ2) is 5.43. The lowest BCUT2D eigenvalue weighted by Crippen LogP contribution is -2.44. The Bertz CT molecular complexity index is 442. The summed E-state index contributed by atoms with van der Waals surface area (Å²) in [4.78, 5) is 11.4. The van der Waals surface area contributed by atoms with Crippen LogP contribution in [-0.2, 0) is 5.41 Å². The molecule has 1 unspecified atom stereocenters. The van der Waals surface area contributed by atoms with Crippen molar-refractivity contribution >= 4 is 0 Å². The second-order valence-corrected chi connectivity index (χ2v) is 6.18. The van der Waals surface area contributed by atoms with E-state index in [1.807, 2.05) is 6.20 Å². The highest BCUT2D eigenvalue weighted by Gasteiger charge is 2.25. The van der Waals surface area contributed by atoms with Crippen LogP contribution in [0.2, 0.25) is 0 Å². The molecule has 1 aliphatic rings. The molecule has 0 radical (unpaired) electrons. The maximum atomic E-state index is 5.46. The average Bonchev–Trinajstić information content (AvgIpc) is 2.37. The maximum Gasteiger partial charge on any atom is 0.221 e. The van der Waals surface area contributed by atoms with E-state index < -0.39 is 0 Å². The highest BCUT2D eigenvalue weighted by atomic mass is 16.5. The molecule has 1 fully saturated rings. The number of nitrogens with one attached hydrogen (secondary N) is 1. The molecule has 0 spiro atoms. The van der Waals surface area contributed by atoms with Crippen LogP contribution < -0.4 is 10.1 Å². The number of piperazine rings is 1. The molecule has 0 amide bonds. The SMILES string of the molecule is COc1nc(C(C)(C)C)ncc1C1CN(C)CCN1. The minimum atomic E-state index is -0.0669. The van der Waals surface area contributed by atoms with E-state index in [1.54, 1.807) is 7.11 Å². The van der Waals surface area contributed by atoms with Gasteiger partial charge in [0, 0.05) is 31.2 Å². The highest BCUT2D eigenvalue weighted by Crippen LogP contribution is 2.27. The first-order chi connectivity index (χ1) is 8.91. The lowest BCUT2D eigenvalue weighted by Gasteiger charge is -2.31. The molecule has 0 saturated carbocycles. The summed E-state index contributed by atoms with van der Waals surface area (Å²) < 4.78 is 5.46.